The molecule has 0 amide bonds. The lowest BCUT2D eigenvalue weighted by molar-refractivity contribution is -0.135. The van der Waals surface area contributed by atoms with Crippen molar-refractivity contribution in [2.45, 2.75) is 4.90 Å². The highest BCUT2D eigenvalue weighted by atomic mass is 35.5. The van der Waals surface area contributed by atoms with Crippen molar-refractivity contribution in [3.63, 3.8) is 0 Å². The lowest BCUT2D eigenvalue weighted by Crippen LogP contribution is -2.36. The van der Waals surface area contributed by atoms with Gasteiger partial charge in [0.05, 0.1) is 36.9 Å². The van der Waals surface area contributed by atoms with E-state index in [1.165, 1.54) is 57.7 Å². The third-order valence-electron chi connectivity index (χ3n) is 3.65. The number of halogens is 1. The number of carboxylic acid groups (broad SMARTS) is 1. The molecule has 0 fully saturated rings. The van der Waals surface area contributed by atoms with Crippen molar-refractivity contribution in [3.8, 4) is 17.2 Å². The van der Waals surface area contributed by atoms with E-state index in [9.17, 15) is 18.3 Å². The molecular formula is C17H18ClNO7S. The second-order valence-corrected chi connectivity index (χ2v) is 7.51. The Bertz CT molecular complexity index is 946. The second kappa shape index (κ2) is 8.36. The van der Waals surface area contributed by atoms with Gasteiger partial charge in [0.25, 0.3) is 10.0 Å². The molecule has 0 aliphatic heterocycles. The van der Waals surface area contributed by atoms with Gasteiger partial charge in [-0.3, -0.25) is 9.10 Å². The lowest BCUT2D eigenvalue weighted by Gasteiger charge is -2.25. The molecule has 8 nitrogen and oxygen atoms in total. The predicted octanol–water partition coefficient (Wildman–Crippen LogP) is 2.65. The Morgan fingerprint density at radius 1 is 1.04 bits per heavy atom. The van der Waals surface area contributed by atoms with Crippen LogP contribution in [0.4, 0.5) is 5.69 Å². The predicted molar refractivity (Wildman–Crippen MR) is 99.7 cm³/mol. The molecule has 0 aromatic heterocycles. The Balaban J connectivity index is 2.62. The molecule has 0 saturated heterocycles. The fourth-order valence-electron chi connectivity index (χ4n) is 2.35. The summed E-state index contributed by atoms with van der Waals surface area (Å²) in [5.41, 5.74) is 0.0487. The molecule has 1 N–H and O–H groups in total. The second-order valence-electron chi connectivity index (χ2n) is 5.24. The first-order valence-corrected chi connectivity index (χ1v) is 9.36. The Morgan fingerprint density at radius 3 is 2.22 bits per heavy atom. The van der Waals surface area contributed by atoms with Gasteiger partial charge in [-0.25, -0.2) is 8.42 Å². The van der Waals surface area contributed by atoms with Crippen LogP contribution in [0.2, 0.25) is 5.02 Å². The molecule has 10 heteroatoms. The number of nitrogens with zero attached hydrogens (tertiary/aromatic N) is 1. The first-order chi connectivity index (χ1) is 12.7. The molecule has 0 radical (unpaired) electrons. The Kier molecular flexibility index (Phi) is 6.40. The molecule has 0 atom stereocenters. The van der Waals surface area contributed by atoms with E-state index < -0.39 is 22.5 Å². The fraction of sp³-hybridized carbons (Fsp3) is 0.235. The molecule has 0 unspecified atom stereocenters. The summed E-state index contributed by atoms with van der Waals surface area (Å²) in [4.78, 5) is 11.1. The van der Waals surface area contributed by atoms with Crippen molar-refractivity contribution in [2.24, 2.45) is 0 Å². The fourth-order valence-corrected chi connectivity index (χ4v) is 4.12. The van der Waals surface area contributed by atoms with Crippen LogP contribution in [0.1, 0.15) is 0 Å². The molecule has 0 aliphatic rings. The number of carbonyl (C=O) groups is 1. The molecule has 0 saturated carbocycles. The summed E-state index contributed by atoms with van der Waals surface area (Å²) in [6.45, 7) is -0.811. The van der Waals surface area contributed by atoms with Crippen molar-refractivity contribution in [1.29, 1.82) is 0 Å². The van der Waals surface area contributed by atoms with Gasteiger partial charge in [-0.2, -0.15) is 0 Å². The molecule has 0 heterocycles. The molecule has 0 spiro atoms. The van der Waals surface area contributed by atoms with Gasteiger partial charge in [0, 0.05) is 6.07 Å². The van der Waals surface area contributed by atoms with Crippen LogP contribution >= 0.6 is 11.6 Å². The molecular weight excluding hydrogens is 398 g/mol. The highest BCUT2D eigenvalue weighted by Gasteiger charge is 2.30. The van der Waals surface area contributed by atoms with Gasteiger partial charge in [-0.1, -0.05) is 11.6 Å². The number of benzene rings is 2. The van der Waals surface area contributed by atoms with Gasteiger partial charge in [-0.05, 0) is 30.3 Å². The summed E-state index contributed by atoms with van der Waals surface area (Å²) in [5.74, 6) is -0.479. The molecule has 27 heavy (non-hydrogen) atoms. The summed E-state index contributed by atoms with van der Waals surface area (Å²) in [5, 5.41) is 9.32. The number of methoxy groups -OCH3 is 3. The summed E-state index contributed by atoms with van der Waals surface area (Å²) < 4.78 is 42.3. The first kappa shape index (κ1) is 20.7. The molecule has 2 aromatic rings. The van der Waals surface area contributed by atoms with Crippen LogP contribution in [0.15, 0.2) is 41.3 Å². The normalized spacial score (nSPS) is 11.0. The maximum Gasteiger partial charge on any atom is 0.324 e. The zero-order valence-corrected chi connectivity index (χ0v) is 16.4. The standard InChI is InChI=1S/C17H18ClNO7S/c1-24-11-4-6-14(16(8-11)26-3)19(10-17(20)21)27(22,23)12-5-7-15(25-2)13(18)9-12/h4-9H,10H2,1-3H3,(H,20,21). The van der Waals surface area contributed by atoms with Gasteiger partial charge >= 0.3 is 5.97 Å². The summed E-state index contributed by atoms with van der Waals surface area (Å²) in [7, 11) is -0.0746. The maximum absolute atomic E-state index is 13.1. The van der Waals surface area contributed by atoms with E-state index in [-0.39, 0.29) is 21.4 Å². The lowest BCUT2D eigenvalue weighted by atomic mass is 10.2. The largest absolute Gasteiger partial charge is 0.497 e. The van der Waals surface area contributed by atoms with Crippen molar-refractivity contribution < 1.29 is 32.5 Å². The first-order valence-electron chi connectivity index (χ1n) is 7.54. The minimum absolute atomic E-state index is 0.0487. The molecule has 2 aromatic carbocycles. The van der Waals surface area contributed by atoms with E-state index >= 15 is 0 Å². The van der Waals surface area contributed by atoms with Crippen LogP contribution in [0.25, 0.3) is 0 Å². The average Bonchev–Trinajstić information content (AvgIpc) is 2.65. The van der Waals surface area contributed by atoms with E-state index in [1.807, 2.05) is 0 Å². The Hall–Kier alpha value is -2.65. The third-order valence-corrected chi connectivity index (χ3v) is 5.70. The quantitative estimate of drug-likeness (QED) is 0.706. The summed E-state index contributed by atoms with van der Waals surface area (Å²) >= 11 is 6.02. The molecule has 0 aliphatic carbocycles. The topological polar surface area (TPSA) is 102 Å². The summed E-state index contributed by atoms with van der Waals surface area (Å²) in [6, 6.07) is 8.23. The minimum Gasteiger partial charge on any atom is -0.497 e. The van der Waals surface area contributed by atoms with E-state index in [4.69, 9.17) is 25.8 Å². The Morgan fingerprint density at radius 2 is 1.70 bits per heavy atom. The van der Waals surface area contributed by atoms with Gasteiger partial charge < -0.3 is 19.3 Å². The number of anilines is 1. The summed E-state index contributed by atoms with van der Waals surface area (Å²) in [6.07, 6.45) is 0. The van der Waals surface area contributed by atoms with Crippen molar-refractivity contribution in [1.82, 2.24) is 0 Å². The zero-order chi connectivity index (χ0) is 20.2. The van der Waals surface area contributed by atoms with Gasteiger partial charge in [-0.15, -0.1) is 0 Å². The van der Waals surface area contributed by atoms with Gasteiger partial charge in [0.1, 0.15) is 23.8 Å². The van der Waals surface area contributed by atoms with Gasteiger partial charge in [0.2, 0.25) is 0 Å². The Labute approximate surface area is 161 Å². The van der Waals surface area contributed by atoms with Crippen LogP contribution in [0, 0.1) is 0 Å². The third kappa shape index (κ3) is 4.37. The SMILES string of the molecule is COc1ccc(N(CC(=O)O)S(=O)(=O)c2ccc(OC)c(Cl)c2)c(OC)c1. The maximum atomic E-state index is 13.1. The average molecular weight is 416 g/mol. The number of rotatable bonds is 8. The van der Waals surface area contributed by atoms with Crippen molar-refractivity contribution >= 4 is 33.3 Å². The van der Waals surface area contributed by atoms with Crippen LogP contribution in [0.3, 0.4) is 0 Å². The van der Waals surface area contributed by atoms with Crippen molar-refractivity contribution in [3.05, 3.63) is 41.4 Å². The van der Waals surface area contributed by atoms with Crippen LogP contribution in [-0.2, 0) is 14.8 Å². The zero-order valence-electron chi connectivity index (χ0n) is 14.8. The van der Waals surface area contributed by atoms with Crippen LogP contribution in [-0.4, -0.2) is 47.4 Å². The van der Waals surface area contributed by atoms with Gasteiger partial charge in [0.15, 0.2) is 0 Å². The minimum atomic E-state index is -4.26. The van der Waals surface area contributed by atoms with E-state index in [1.54, 1.807) is 0 Å². The number of carboxylic acids is 1. The molecule has 146 valence electrons. The number of ether oxygens (including phenoxy) is 3. The van der Waals surface area contributed by atoms with E-state index in [2.05, 4.69) is 0 Å². The van der Waals surface area contributed by atoms with E-state index in [0.29, 0.717) is 11.5 Å². The molecule has 0 bridgehead atoms. The van der Waals surface area contributed by atoms with Crippen molar-refractivity contribution in [2.75, 3.05) is 32.2 Å². The molecule has 2 rings (SSSR count). The number of sulfonamides is 1. The van der Waals surface area contributed by atoms with E-state index in [0.717, 1.165) is 4.31 Å². The highest BCUT2D eigenvalue weighted by Crippen LogP contribution is 2.36. The smallest absolute Gasteiger partial charge is 0.324 e. The highest BCUT2D eigenvalue weighted by molar-refractivity contribution is 7.92. The van der Waals surface area contributed by atoms with Crippen LogP contribution in [0.5, 0.6) is 17.2 Å². The number of hydrogen-bond donors (Lipinski definition) is 1. The number of hydrogen-bond acceptors (Lipinski definition) is 6. The van der Waals surface area contributed by atoms with Crippen LogP contribution < -0.4 is 18.5 Å². The number of aliphatic carboxylic acids is 1. The monoisotopic (exact) mass is 415 g/mol.